The molecule has 5 heteroatoms. The van der Waals surface area contributed by atoms with Crippen molar-refractivity contribution in [3.05, 3.63) is 39.2 Å². The number of carbonyl (C=O) groups excluding carboxylic acids is 1. The highest BCUT2D eigenvalue weighted by Crippen LogP contribution is 2.30. The molecule has 1 aromatic carbocycles. The van der Waals surface area contributed by atoms with Crippen molar-refractivity contribution < 1.29 is 4.79 Å². The molecule has 1 N–H and O–H groups in total. The Balaban J connectivity index is 2.61. The third-order valence-corrected chi connectivity index (χ3v) is 3.05. The average Bonchev–Trinajstić information content (AvgIpc) is 2.63. The first-order valence-corrected chi connectivity index (χ1v) is 5.76. The van der Waals surface area contributed by atoms with Gasteiger partial charge in [-0.1, -0.05) is 17.7 Å². The van der Waals surface area contributed by atoms with Crippen LogP contribution in [0.25, 0.3) is 11.3 Å². The Labute approximate surface area is 106 Å². The van der Waals surface area contributed by atoms with Gasteiger partial charge in [-0.05, 0) is 40.5 Å². The molecule has 0 bridgehead atoms. The lowest BCUT2D eigenvalue weighted by atomic mass is 10.1. The van der Waals surface area contributed by atoms with Crippen LogP contribution in [0, 0.1) is 6.92 Å². The summed E-state index contributed by atoms with van der Waals surface area (Å²) in [6.45, 7) is 1.97. The highest BCUT2D eigenvalue weighted by atomic mass is 79.9. The predicted octanol–water partition coefficient (Wildman–Crippen LogP) is 3.61. The van der Waals surface area contributed by atoms with Crippen molar-refractivity contribution >= 4 is 33.8 Å². The number of carbonyl (C=O) groups is 1. The van der Waals surface area contributed by atoms with Gasteiger partial charge in [-0.3, -0.25) is 4.79 Å². The number of nitrogens with one attached hydrogen (secondary N) is 1. The molecule has 0 aliphatic rings. The number of hydrogen-bond acceptors (Lipinski definition) is 2. The van der Waals surface area contributed by atoms with Crippen molar-refractivity contribution in [1.82, 2.24) is 9.97 Å². The van der Waals surface area contributed by atoms with Crippen LogP contribution in [0.3, 0.4) is 0 Å². The molecular formula is C11H8BrClN2O. The summed E-state index contributed by atoms with van der Waals surface area (Å²) in [5, 5.41) is 0.642. The number of aromatic nitrogens is 2. The third kappa shape index (κ3) is 2.03. The zero-order chi connectivity index (χ0) is 11.7. The van der Waals surface area contributed by atoms with Crippen LogP contribution in [0.4, 0.5) is 0 Å². The quantitative estimate of drug-likeness (QED) is 0.861. The summed E-state index contributed by atoms with van der Waals surface area (Å²) in [4.78, 5) is 17.6. The Morgan fingerprint density at radius 2 is 2.25 bits per heavy atom. The second kappa shape index (κ2) is 4.39. The van der Waals surface area contributed by atoms with Gasteiger partial charge in [0.25, 0.3) is 0 Å². The van der Waals surface area contributed by atoms with E-state index in [1.165, 1.54) is 0 Å². The molecule has 82 valence electrons. The molecule has 3 nitrogen and oxygen atoms in total. The fourth-order valence-electron chi connectivity index (χ4n) is 1.45. The topological polar surface area (TPSA) is 45.8 Å². The van der Waals surface area contributed by atoms with Gasteiger partial charge >= 0.3 is 0 Å². The van der Waals surface area contributed by atoms with Gasteiger partial charge in [0.2, 0.25) is 0 Å². The summed E-state index contributed by atoms with van der Waals surface area (Å²) in [6.07, 6.45) is 0.675. The Morgan fingerprint density at radius 3 is 2.88 bits per heavy atom. The second-order valence-corrected chi connectivity index (χ2v) is 4.59. The van der Waals surface area contributed by atoms with E-state index < -0.39 is 0 Å². The van der Waals surface area contributed by atoms with E-state index >= 15 is 0 Å². The Bertz CT molecular complexity index is 551. The van der Waals surface area contributed by atoms with Gasteiger partial charge in [-0.25, -0.2) is 4.98 Å². The number of halogens is 2. The van der Waals surface area contributed by atoms with Gasteiger partial charge in [-0.2, -0.15) is 0 Å². The summed E-state index contributed by atoms with van der Waals surface area (Å²) in [7, 11) is 0. The molecule has 0 radical (unpaired) electrons. The lowest BCUT2D eigenvalue weighted by molar-refractivity contribution is 0.111. The maximum atomic E-state index is 10.6. The molecule has 0 amide bonds. The zero-order valence-corrected chi connectivity index (χ0v) is 10.8. The number of H-pyrrole nitrogens is 1. The van der Waals surface area contributed by atoms with Crippen LogP contribution in [0.5, 0.6) is 0 Å². The van der Waals surface area contributed by atoms with Crippen molar-refractivity contribution in [2.24, 2.45) is 0 Å². The summed E-state index contributed by atoms with van der Waals surface area (Å²) < 4.78 is 0.681. The normalized spacial score (nSPS) is 10.4. The Morgan fingerprint density at radius 1 is 1.50 bits per heavy atom. The summed E-state index contributed by atoms with van der Waals surface area (Å²) in [5.74, 6) is 0.293. The molecule has 2 rings (SSSR count). The maximum absolute atomic E-state index is 10.6. The van der Waals surface area contributed by atoms with Gasteiger partial charge in [0, 0.05) is 10.6 Å². The van der Waals surface area contributed by atoms with Crippen LogP contribution in [-0.4, -0.2) is 16.3 Å². The van der Waals surface area contributed by atoms with E-state index in [-0.39, 0.29) is 0 Å². The molecule has 0 aliphatic carbocycles. The molecule has 0 spiro atoms. The van der Waals surface area contributed by atoms with Gasteiger partial charge in [0.1, 0.15) is 10.3 Å². The van der Waals surface area contributed by atoms with Crippen molar-refractivity contribution in [2.75, 3.05) is 0 Å². The molecule has 1 heterocycles. The molecule has 0 fully saturated rings. The van der Waals surface area contributed by atoms with Crippen molar-refractivity contribution in [1.29, 1.82) is 0 Å². The average molecular weight is 300 g/mol. The van der Waals surface area contributed by atoms with Gasteiger partial charge < -0.3 is 4.98 Å². The minimum atomic E-state index is 0.293. The van der Waals surface area contributed by atoms with Crippen LogP contribution in [0.15, 0.2) is 22.8 Å². The summed E-state index contributed by atoms with van der Waals surface area (Å²) in [6, 6.07) is 5.56. The number of aldehydes is 1. The fourth-order valence-corrected chi connectivity index (χ4v) is 2.13. The number of nitrogens with zero attached hydrogens (tertiary/aromatic N) is 1. The standard InChI is InChI=1S/C11H8BrClN2O/c1-6-2-3-7(13)4-8(6)10-11(12)15-9(5-16)14-10/h2-5H,1H3,(H,14,15). The molecule has 0 atom stereocenters. The number of rotatable bonds is 2. The van der Waals surface area contributed by atoms with Crippen LogP contribution >= 0.6 is 27.5 Å². The first-order chi connectivity index (χ1) is 7.61. The van der Waals surface area contributed by atoms with Crippen molar-refractivity contribution in [2.45, 2.75) is 6.92 Å². The van der Waals surface area contributed by atoms with E-state index in [0.29, 0.717) is 27.4 Å². The predicted molar refractivity (Wildman–Crippen MR) is 66.9 cm³/mol. The molecule has 0 aliphatic heterocycles. The van der Waals surface area contributed by atoms with E-state index in [1.54, 1.807) is 0 Å². The van der Waals surface area contributed by atoms with E-state index in [1.807, 2.05) is 25.1 Å². The highest BCUT2D eigenvalue weighted by Gasteiger charge is 2.12. The molecule has 0 unspecified atom stereocenters. The lowest BCUT2D eigenvalue weighted by Crippen LogP contribution is -1.85. The SMILES string of the molecule is Cc1ccc(Cl)cc1-c1nc(C=O)[nH]c1Br. The summed E-state index contributed by atoms with van der Waals surface area (Å²) >= 11 is 9.27. The second-order valence-electron chi connectivity index (χ2n) is 3.36. The third-order valence-electron chi connectivity index (χ3n) is 2.24. The monoisotopic (exact) mass is 298 g/mol. The van der Waals surface area contributed by atoms with Gasteiger partial charge in [-0.15, -0.1) is 0 Å². The first-order valence-electron chi connectivity index (χ1n) is 4.59. The minimum absolute atomic E-state index is 0.293. The Kier molecular flexibility index (Phi) is 3.12. The van der Waals surface area contributed by atoms with Crippen LogP contribution < -0.4 is 0 Å². The molecule has 0 saturated heterocycles. The number of hydrogen-bond donors (Lipinski definition) is 1. The minimum Gasteiger partial charge on any atom is -0.330 e. The number of benzene rings is 1. The largest absolute Gasteiger partial charge is 0.330 e. The van der Waals surface area contributed by atoms with Crippen LogP contribution in [-0.2, 0) is 0 Å². The highest BCUT2D eigenvalue weighted by molar-refractivity contribution is 9.10. The molecule has 2 aromatic rings. The fraction of sp³-hybridized carbons (Fsp3) is 0.0909. The smallest absolute Gasteiger partial charge is 0.185 e. The molecule has 16 heavy (non-hydrogen) atoms. The number of aryl methyl sites for hydroxylation is 1. The van der Waals surface area contributed by atoms with E-state index in [9.17, 15) is 4.79 Å². The van der Waals surface area contributed by atoms with Crippen molar-refractivity contribution in [3.8, 4) is 11.3 Å². The lowest BCUT2D eigenvalue weighted by Gasteiger charge is -2.03. The number of aromatic amines is 1. The van der Waals surface area contributed by atoms with Crippen molar-refractivity contribution in [3.63, 3.8) is 0 Å². The molecule has 0 saturated carbocycles. The van der Waals surface area contributed by atoms with E-state index in [4.69, 9.17) is 11.6 Å². The van der Waals surface area contributed by atoms with E-state index in [2.05, 4.69) is 25.9 Å². The van der Waals surface area contributed by atoms with E-state index in [0.717, 1.165) is 11.1 Å². The van der Waals surface area contributed by atoms with Gasteiger partial charge in [0.15, 0.2) is 12.1 Å². The Hall–Kier alpha value is -1.13. The first kappa shape index (κ1) is 11.4. The van der Waals surface area contributed by atoms with Crippen LogP contribution in [0.2, 0.25) is 5.02 Å². The van der Waals surface area contributed by atoms with Crippen LogP contribution in [0.1, 0.15) is 16.2 Å². The molecule has 1 aromatic heterocycles. The summed E-state index contributed by atoms with van der Waals surface area (Å²) in [5.41, 5.74) is 2.65. The zero-order valence-electron chi connectivity index (χ0n) is 8.42. The maximum Gasteiger partial charge on any atom is 0.185 e. The molecular weight excluding hydrogens is 291 g/mol. The number of imidazole rings is 1. The van der Waals surface area contributed by atoms with Gasteiger partial charge in [0.05, 0.1) is 0 Å².